The zero-order chi connectivity index (χ0) is 41.4. The SMILES string of the molecule is c1ccc(-c2cccc(-c3nc(-c4ccccc4)nc(-c4ccc5c(oc6c(-n7c8ccccc8c8ccccc87)cccc65)c4-c4cccc5oc6ccccc6c45)n3)c2)cc1. The van der Waals surface area contributed by atoms with Crippen molar-refractivity contribution in [3.63, 3.8) is 0 Å². The molecule has 0 aliphatic heterocycles. The lowest BCUT2D eigenvalue weighted by molar-refractivity contribution is 0.667. The molecule has 6 nitrogen and oxygen atoms in total. The van der Waals surface area contributed by atoms with E-state index in [-0.39, 0.29) is 0 Å². The van der Waals surface area contributed by atoms with E-state index in [4.69, 9.17) is 23.8 Å². The lowest BCUT2D eigenvalue weighted by atomic mass is 9.92. The molecule has 4 aromatic heterocycles. The Morgan fingerprint density at radius 2 is 0.889 bits per heavy atom. The number of hydrogen-bond donors (Lipinski definition) is 0. The maximum atomic E-state index is 7.36. The first kappa shape index (κ1) is 35.2. The van der Waals surface area contributed by atoms with Gasteiger partial charge in [0.25, 0.3) is 0 Å². The molecule has 0 bridgehead atoms. The summed E-state index contributed by atoms with van der Waals surface area (Å²) < 4.78 is 16.2. The molecule has 0 atom stereocenters. The molecular weight excluding hydrogens is 773 g/mol. The van der Waals surface area contributed by atoms with Gasteiger partial charge in [-0.3, -0.25) is 0 Å². The fourth-order valence-corrected chi connectivity index (χ4v) is 9.45. The van der Waals surface area contributed by atoms with Crippen LogP contribution in [-0.2, 0) is 0 Å². The molecule has 0 radical (unpaired) electrons. The first-order chi connectivity index (χ1) is 31.2. The molecule has 0 amide bonds. The Morgan fingerprint density at radius 1 is 0.333 bits per heavy atom. The number of aromatic nitrogens is 4. The summed E-state index contributed by atoms with van der Waals surface area (Å²) >= 11 is 0. The Balaban J connectivity index is 1.13. The van der Waals surface area contributed by atoms with Crippen LogP contribution in [0.2, 0.25) is 0 Å². The molecule has 4 heterocycles. The molecule has 0 saturated heterocycles. The number of nitrogens with zero attached hydrogens (tertiary/aromatic N) is 4. The highest BCUT2D eigenvalue weighted by atomic mass is 16.3. The minimum absolute atomic E-state index is 0.536. The highest BCUT2D eigenvalue weighted by Gasteiger charge is 2.26. The number of fused-ring (bicyclic) bond motifs is 9. The van der Waals surface area contributed by atoms with Gasteiger partial charge in [-0.1, -0.05) is 158 Å². The molecule has 0 unspecified atom stereocenters. The van der Waals surface area contributed by atoms with E-state index >= 15 is 0 Å². The average molecular weight is 807 g/mol. The van der Waals surface area contributed by atoms with Gasteiger partial charge in [-0.2, -0.15) is 0 Å². The number of benzene rings is 9. The minimum atomic E-state index is 0.536. The third kappa shape index (κ3) is 5.55. The average Bonchev–Trinajstić information content (AvgIpc) is 4.04. The van der Waals surface area contributed by atoms with Crippen molar-refractivity contribution >= 4 is 65.7 Å². The second-order valence-corrected chi connectivity index (χ2v) is 15.9. The quantitative estimate of drug-likeness (QED) is 0.167. The summed E-state index contributed by atoms with van der Waals surface area (Å²) in [5.41, 5.74) is 13.0. The zero-order valence-corrected chi connectivity index (χ0v) is 33.7. The Morgan fingerprint density at radius 3 is 1.67 bits per heavy atom. The molecule has 0 spiro atoms. The van der Waals surface area contributed by atoms with Gasteiger partial charge in [0.2, 0.25) is 0 Å². The van der Waals surface area contributed by atoms with Crippen molar-refractivity contribution in [2.24, 2.45) is 0 Å². The lowest BCUT2D eigenvalue weighted by Gasteiger charge is -2.14. The largest absolute Gasteiger partial charge is 0.456 e. The van der Waals surface area contributed by atoms with Crippen LogP contribution in [-0.4, -0.2) is 19.5 Å². The van der Waals surface area contributed by atoms with Crippen molar-refractivity contribution < 1.29 is 8.83 Å². The molecule has 294 valence electrons. The summed E-state index contributed by atoms with van der Waals surface area (Å²) in [5.74, 6) is 1.69. The predicted molar refractivity (Wildman–Crippen MR) is 256 cm³/mol. The van der Waals surface area contributed by atoms with E-state index in [2.05, 4.69) is 156 Å². The summed E-state index contributed by atoms with van der Waals surface area (Å²) in [6, 6.07) is 71.3. The fraction of sp³-hybridized carbons (Fsp3) is 0. The second-order valence-electron chi connectivity index (χ2n) is 15.9. The van der Waals surface area contributed by atoms with Crippen molar-refractivity contribution in [1.29, 1.82) is 0 Å². The molecule has 13 aromatic rings. The van der Waals surface area contributed by atoms with Crippen molar-refractivity contribution in [3.05, 3.63) is 206 Å². The van der Waals surface area contributed by atoms with Crippen LogP contribution in [0.3, 0.4) is 0 Å². The Kier molecular flexibility index (Phi) is 7.80. The monoisotopic (exact) mass is 806 g/mol. The van der Waals surface area contributed by atoms with E-state index in [1.54, 1.807) is 0 Å². The van der Waals surface area contributed by atoms with Crippen molar-refractivity contribution in [3.8, 4) is 62.1 Å². The lowest BCUT2D eigenvalue weighted by Crippen LogP contribution is -2.01. The van der Waals surface area contributed by atoms with Gasteiger partial charge in [0, 0.05) is 54.6 Å². The summed E-state index contributed by atoms with van der Waals surface area (Å²) in [6.45, 7) is 0. The number of hydrogen-bond acceptors (Lipinski definition) is 5. The molecule has 0 saturated carbocycles. The van der Waals surface area contributed by atoms with Gasteiger partial charge in [0.05, 0.1) is 16.7 Å². The number of rotatable bonds is 6. The van der Waals surface area contributed by atoms with Crippen molar-refractivity contribution in [2.45, 2.75) is 0 Å². The highest BCUT2D eigenvalue weighted by molar-refractivity contribution is 6.20. The molecule has 9 aromatic carbocycles. The van der Waals surface area contributed by atoms with Gasteiger partial charge in [-0.25, -0.2) is 15.0 Å². The van der Waals surface area contributed by atoms with Crippen LogP contribution < -0.4 is 0 Å². The van der Waals surface area contributed by atoms with Gasteiger partial charge in [-0.15, -0.1) is 0 Å². The molecule has 63 heavy (non-hydrogen) atoms. The maximum Gasteiger partial charge on any atom is 0.164 e. The van der Waals surface area contributed by atoms with Crippen LogP contribution in [0, 0.1) is 0 Å². The smallest absolute Gasteiger partial charge is 0.164 e. The van der Waals surface area contributed by atoms with E-state index in [0.717, 1.165) is 99.5 Å². The van der Waals surface area contributed by atoms with E-state index in [1.807, 2.05) is 54.6 Å². The van der Waals surface area contributed by atoms with Crippen LogP contribution in [0.25, 0.3) is 128 Å². The first-order valence-electron chi connectivity index (χ1n) is 21.1. The summed E-state index contributed by atoms with van der Waals surface area (Å²) in [4.78, 5) is 15.8. The molecule has 6 heteroatoms. The Hall–Kier alpha value is -8.61. The Bertz CT molecular complexity index is 3870. The molecule has 0 aliphatic rings. The van der Waals surface area contributed by atoms with Gasteiger partial charge in [-0.05, 0) is 65.2 Å². The van der Waals surface area contributed by atoms with Gasteiger partial charge in [0.15, 0.2) is 23.1 Å². The van der Waals surface area contributed by atoms with Crippen LogP contribution in [0.15, 0.2) is 215 Å². The number of para-hydroxylation sites is 4. The third-order valence-corrected chi connectivity index (χ3v) is 12.3. The van der Waals surface area contributed by atoms with E-state index in [9.17, 15) is 0 Å². The van der Waals surface area contributed by atoms with E-state index in [0.29, 0.717) is 17.5 Å². The summed E-state index contributed by atoms with van der Waals surface area (Å²) in [5, 5.41) is 6.41. The number of furan rings is 2. The van der Waals surface area contributed by atoms with E-state index in [1.165, 1.54) is 10.8 Å². The van der Waals surface area contributed by atoms with Gasteiger partial charge < -0.3 is 13.4 Å². The second kappa shape index (κ2) is 14.0. The van der Waals surface area contributed by atoms with Crippen LogP contribution >= 0.6 is 0 Å². The maximum absolute atomic E-state index is 7.36. The van der Waals surface area contributed by atoms with Crippen molar-refractivity contribution in [1.82, 2.24) is 19.5 Å². The highest BCUT2D eigenvalue weighted by Crippen LogP contribution is 2.47. The molecule has 0 aliphatic carbocycles. The topological polar surface area (TPSA) is 69.9 Å². The van der Waals surface area contributed by atoms with Crippen LogP contribution in [0.1, 0.15) is 0 Å². The molecule has 0 N–H and O–H groups in total. The first-order valence-corrected chi connectivity index (χ1v) is 21.1. The zero-order valence-electron chi connectivity index (χ0n) is 33.7. The predicted octanol–water partition coefficient (Wildman–Crippen LogP) is 15.1. The van der Waals surface area contributed by atoms with Crippen molar-refractivity contribution in [2.75, 3.05) is 0 Å². The van der Waals surface area contributed by atoms with Gasteiger partial charge >= 0.3 is 0 Å². The summed E-state index contributed by atoms with van der Waals surface area (Å²) in [7, 11) is 0. The van der Waals surface area contributed by atoms with Gasteiger partial charge in [0.1, 0.15) is 16.7 Å². The molecular formula is C57H34N4O2. The Labute approximate surface area is 361 Å². The van der Waals surface area contributed by atoms with E-state index < -0.39 is 0 Å². The third-order valence-electron chi connectivity index (χ3n) is 12.3. The molecule has 0 fully saturated rings. The summed E-state index contributed by atoms with van der Waals surface area (Å²) in [6.07, 6.45) is 0. The standard InChI is InChI=1S/C57H34N4O2/c1-3-16-35(17-4-1)37-20-13-21-38(34-37)56-58-55(36-18-5-2-6-19-36)59-57(60-56)45-33-32-42-41-25-14-29-48(61-46-27-10-7-22-39(46)40-23-8-11-28-47(40)61)53(41)63-54(42)52(45)44-26-15-31-50-51(44)43-24-9-12-30-49(43)62-50/h1-34H. The minimum Gasteiger partial charge on any atom is -0.456 e. The van der Waals surface area contributed by atoms with Crippen LogP contribution in [0.5, 0.6) is 0 Å². The molecule has 13 rings (SSSR count). The normalized spacial score (nSPS) is 11.8. The fourth-order valence-electron chi connectivity index (χ4n) is 9.45. The van der Waals surface area contributed by atoms with Crippen LogP contribution in [0.4, 0.5) is 0 Å².